The van der Waals surface area contributed by atoms with Crippen molar-refractivity contribution >= 4 is 41.5 Å². The Bertz CT molecular complexity index is 927. The first-order chi connectivity index (χ1) is 14.1. The Hall–Kier alpha value is -2.20. The molecule has 0 amide bonds. The largest absolute Gasteiger partial charge is 0.357 e. The molecule has 0 atom stereocenters. The molecule has 3 rings (SSSR count). The normalized spacial score (nSPS) is 11.1. The highest BCUT2D eigenvalue weighted by Gasteiger charge is 2.03. The lowest BCUT2D eigenvalue weighted by Crippen LogP contribution is -2.38. The first kappa shape index (κ1) is 24.1. The molecule has 2 aromatic heterocycles. The molecule has 2 heterocycles. The van der Waals surface area contributed by atoms with Gasteiger partial charge in [-0.25, -0.2) is 14.1 Å². The number of aliphatic imine (C=N–C) groups is 1. The van der Waals surface area contributed by atoms with Gasteiger partial charge in [-0.05, 0) is 55.3 Å². The second-order valence-corrected chi connectivity index (χ2v) is 6.79. The highest BCUT2D eigenvalue weighted by Crippen LogP contribution is 2.09. The number of nitrogens with one attached hydrogen (secondary N) is 2. The molecule has 0 saturated heterocycles. The number of guanidine groups is 1. The Morgan fingerprint density at radius 3 is 2.60 bits per heavy atom. The molecule has 0 aliphatic carbocycles. The van der Waals surface area contributed by atoms with Gasteiger partial charge in [-0.2, -0.15) is 5.10 Å². The summed E-state index contributed by atoms with van der Waals surface area (Å²) in [6.07, 6.45) is 5.20. The predicted octanol–water partition coefficient (Wildman–Crippen LogP) is 4.02. The van der Waals surface area contributed by atoms with Gasteiger partial charge in [0.05, 0.1) is 11.4 Å². The van der Waals surface area contributed by atoms with Crippen LogP contribution in [0.25, 0.3) is 5.69 Å². The number of hydrogen-bond donors (Lipinski definition) is 2. The summed E-state index contributed by atoms with van der Waals surface area (Å²) in [6, 6.07) is 12.0. The Morgan fingerprint density at radius 2 is 1.90 bits per heavy atom. The van der Waals surface area contributed by atoms with E-state index < -0.39 is 0 Å². The summed E-state index contributed by atoms with van der Waals surface area (Å²) in [5.74, 6) is 0.513. The minimum atomic E-state index is -0.258. The molecule has 0 spiro atoms. The second kappa shape index (κ2) is 12.5. The molecule has 6 nitrogen and oxygen atoms in total. The molecule has 0 saturated carbocycles. The monoisotopic (exact) mass is 542 g/mol. The fourth-order valence-electron chi connectivity index (χ4n) is 2.74. The predicted molar refractivity (Wildman–Crippen MR) is 130 cm³/mol. The smallest absolute Gasteiger partial charge is 0.191 e. The van der Waals surface area contributed by atoms with Crippen molar-refractivity contribution < 1.29 is 4.39 Å². The lowest BCUT2D eigenvalue weighted by Gasteiger charge is -2.11. The van der Waals surface area contributed by atoms with E-state index >= 15 is 0 Å². The Labute approximate surface area is 198 Å². The van der Waals surface area contributed by atoms with E-state index in [1.807, 2.05) is 25.3 Å². The van der Waals surface area contributed by atoms with Crippen LogP contribution >= 0.6 is 35.6 Å². The Kier molecular flexibility index (Phi) is 10.0. The van der Waals surface area contributed by atoms with E-state index in [-0.39, 0.29) is 29.8 Å². The van der Waals surface area contributed by atoms with Gasteiger partial charge in [-0.3, -0.25) is 4.99 Å². The van der Waals surface area contributed by atoms with Crippen molar-refractivity contribution in [2.45, 2.75) is 19.8 Å². The van der Waals surface area contributed by atoms with Gasteiger partial charge in [0.15, 0.2) is 5.96 Å². The van der Waals surface area contributed by atoms with Crippen LogP contribution in [0.3, 0.4) is 0 Å². The van der Waals surface area contributed by atoms with E-state index in [4.69, 9.17) is 11.6 Å². The van der Waals surface area contributed by atoms with Crippen molar-refractivity contribution in [3.8, 4) is 5.69 Å². The molecule has 1 aromatic carbocycles. The molecule has 0 radical (unpaired) electrons. The minimum Gasteiger partial charge on any atom is -0.357 e. The van der Waals surface area contributed by atoms with E-state index in [1.165, 1.54) is 12.1 Å². The lowest BCUT2D eigenvalue weighted by atomic mass is 10.2. The van der Waals surface area contributed by atoms with Gasteiger partial charge in [0.2, 0.25) is 0 Å². The van der Waals surface area contributed by atoms with Crippen molar-refractivity contribution in [2.24, 2.45) is 4.99 Å². The van der Waals surface area contributed by atoms with Crippen LogP contribution in [0.2, 0.25) is 5.15 Å². The highest BCUT2D eigenvalue weighted by atomic mass is 127. The number of halogens is 3. The maximum absolute atomic E-state index is 13.0. The number of hydrogen-bond acceptors (Lipinski definition) is 3. The molecule has 0 unspecified atom stereocenters. The maximum atomic E-state index is 13.0. The number of pyridine rings is 1. The summed E-state index contributed by atoms with van der Waals surface area (Å²) >= 11 is 5.81. The van der Waals surface area contributed by atoms with Crippen LogP contribution < -0.4 is 10.6 Å². The first-order valence-electron chi connectivity index (χ1n) is 9.57. The first-order valence-corrected chi connectivity index (χ1v) is 9.95. The third-order valence-electron chi connectivity index (χ3n) is 4.21. The topological polar surface area (TPSA) is 67.1 Å². The fraction of sp³-hybridized carbons (Fsp3) is 0.286. The van der Waals surface area contributed by atoms with Crippen LogP contribution in [0.1, 0.15) is 18.2 Å². The summed E-state index contributed by atoms with van der Waals surface area (Å²) in [6.45, 7) is 4.17. The third-order valence-corrected chi connectivity index (χ3v) is 4.44. The van der Waals surface area contributed by atoms with E-state index in [0.29, 0.717) is 18.1 Å². The number of rotatable bonds is 8. The SMILES string of the molecule is CCNC(=NCCc1ccn(-c2ccc(F)cc2)n1)NCCc1ccc(Cl)nc1.I. The Morgan fingerprint density at radius 1 is 1.10 bits per heavy atom. The summed E-state index contributed by atoms with van der Waals surface area (Å²) in [4.78, 5) is 8.70. The van der Waals surface area contributed by atoms with Gasteiger partial charge in [-0.1, -0.05) is 17.7 Å². The van der Waals surface area contributed by atoms with E-state index in [2.05, 4.69) is 25.7 Å². The second-order valence-electron chi connectivity index (χ2n) is 6.40. The zero-order chi connectivity index (χ0) is 20.5. The summed E-state index contributed by atoms with van der Waals surface area (Å²) in [5, 5.41) is 11.6. The van der Waals surface area contributed by atoms with Crippen LogP contribution in [-0.2, 0) is 12.8 Å². The molecule has 0 aliphatic heterocycles. The average Bonchev–Trinajstić information content (AvgIpc) is 3.19. The van der Waals surface area contributed by atoms with Crippen molar-refractivity contribution in [1.29, 1.82) is 0 Å². The third kappa shape index (κ3) is 7.56. The van der Waals surface area contributed by atoms with Crippen molar-refractivity contribution in [3.05, 3.63) is 77.1 Å². The molecular weight excluding hydrogens is 518 g/mol. The van der Waals surface area contributed by atoms with E-state index in [9.17, 15) is 4.39 Å². The molecule has 160 valence electrons. The molecule has 2 N–H and O–H groups in total. The highest BCUT2D eigenvalue weighted by molar-refractivity contribution is 14.0. The van der Waals surface area contributed by atoms with Gasteiger partial charge in [-0.15, -0.1) is 24.0 Å². The molecule has 0 aliphatic rings. The molecule has 9 heteroatoms. The number of aromatic nitrogens is 3. The van der Waals surface area contributed by atoms with Crippen LogP contribution in [-0.4, -0.2) is 40.4 Å². The van der Waals surface area contributed by atoms with E-state index in [0.717, 1.165) is 42.4 Å². The molecule has 0 fully saturated rings. The zero-order valence-corrected chi connectivity index (χ0v) is 19.8. The van der Waals surface area contributed by atoms with Gasteiger partial charge in [0.25, 0.3) is 0 Å². The standard InChI is InChI=1S/C21H24ClFN6.HI/c1-2-24-21(25-12-9-16-3-8-20(22)27-15-16)26-13-10-18-11-14-29(28-18)19-6-4-17(23)5-7-19;/h3-8,11,14-15H,2,9-10,12-13H2,1H3,(H2,24,25,26);1H. The minimum absolute atomic E-state index is 0. The molecule has 3 aromatic rings. The van der Waals surface area contributed by atoms with E-state index in [1.54, 1.807) is 29.1 Å². The zero-order valence-electron chi connectivity index (χ0n) is 16.7. The van der Waals surface area contributed by atoms with Crippen LogP contribution in [0.15, 0.2) is 59.9 Å². The molecule has 30 heavy (non-hydrogen) atoms. The number of benzene rings is 1. The lowest BCUT2D eigenvalue weighted by molar-refractivity contribution is 0.627. The van der Waals surface area contributed by atoms with Gasteiger partial charge in [0.1, 0.15) is 11.0 Å². The fourth-order valence-corrected chi connectivity index (χ4v) is 2.85. The van der Waals surface area contributed by atoms with Crippen LogP contribution in [0.5, 0.6) is 0 Å². The van der Waals surface area contributed by atoms with Gasteiger partial charge < -0.3 is 10.6 Å². The number of nitrogens with zero attached hydrogens (tertiary/aromatic N) is 4. The quantitative estimate of drug-likeness (QED) is 0.195. The summed E-state index contributed by atoms with van der Waals surface area (Å²) in [5.41, 5.74) is 2.87. The molecular formula is C21H25ClFIN6. The Balaban J connectivity index is 0.00000320. The maximum Gasteiger partial charge on any atom is 0.191 e. The van der Waals surface area contributed by atoms with Crippen LogP contribution in [0.4, 0.5) is 4.39 Å². The van der Waals surface area contributed by atoms with Crippen molar-refractivity contribution in [2.75, 3.05) is 19.6 Å². The van der Waals surface area contributed by atoms with Gasteiger partial charge >= 0.3 is 0 Å². The van der Waals surface area contributed by atoms with Crippen LogP contribution in [0, 0.1) is 5.82 Å². The van der Waals surface area contributed by atoms with Gasteiger partial charge in [0, 0.05) is 38.4 Å². The molecule has 0 bridgehead atoms. The average molecular weight is 543 g/mol. The van der Waals surface area contributed by atoms with Crippen molar-refractivity contribution in [1.82, 2.24) is 25.4 Å². The summed E-state index contributed by atoms with van der Waals surface area (Å²) in [7, 11) is 0. The summed E-state index contributed by atoms with van der Waals surface area (Å²) < 4.78 is 14.8. The van der Waals surface area contributed by atoms with Crippen molar-refractivity contribution in [3.63, 3.8) is 0 Å².